The molecule has 0 saturated heterocycles. The van der Waals surface area contributed by atoms with Gasteiger partial charge in [0.2, 0.25) is 0 Å². The van der Waals surface area contributed by atoms with E-state index in [4.69, 9.17) is 4.74 Å². The van der Waals surface area contributed by atoms with Crippen molar-refractivity contribution in [1.82, 2.24) is 5.32 Å². The molecule has 1 unspecified atom stereocenters. The first kappa shape index (κ1) is 15.9. The van der Waals surface area contributed by atoms with Crippen LogP contribution in [0.25, 0.3) is 0 Å². The van der Waals surface area contributed by atoms with Crippen LogP contribution < -0.4 is 5.32 Å². The molecule has 0 saturated carbocycles. The highest BCUT2D eigenvalue weighted by molar-refractivity contribution is 4.50. The quantitative estimate of drug-likeness (QED) is 0.516. The molecule has 2 heteroatoms. The van der Waals surface area contributed by atoms with E-state index in [9.17, 15) is 0 Å². The average Bonchev–Trinajstić information content (AvgIpc) is 2.27. The van der Waals surface area contributed by atoms with Crippen LogP contribution in [0.5, 0.6) is 0 Å². The van der Waals surface area contributed by atoms with Gasteiger partial charge in [0.05, 0.1) is 0 Å². The topological polar surface area (TPSA) is 21.3 Å². The third-order valence-corrected chi connectivity index (χ3v) is 2.83. The monoisotopic (exact) mass is 229 g/mol. The van der Waals surface area contributed by atoms with Crippen LogP contribution in [0.3, 0.4) is 0 Å². The summed E-state index contributed by atoms with van der Waals surface area (Å²) < 4.78 is 5.66. The van der Waals surface area contributed by atoms with Crippen molar-refractivity contribution >= 4 is 0 Å². The highest BCUT2D eigenvalue weighted by Gasteiger charge is 1.99. The van der Waals surface area contributed by atoms with E-state index in [0.29, 0.717) is 0 Å². The lowest BCUT2D eigenvalue weighted by Crippen LogP contribution is -2.13. The average molecular weight is 229 g/mol. The molecule has 2 nitrogen and oxygen atoms in total. The van der Waals surface area contributed by atoms with Gasteiger partial charge >= 0.3 is 0 Å². The van der Waals surface area contributed by atoms with Crippen molar-refractivity contribution in [2.75, 3.05) is 26.3 Å². The van der Waals surface area contributed by atoms with E-state index in [2.05, 4.69) is 26.1 Å². The molecule has 0 aliphatic carbocycles. The number of ether oxygens (including phenoxy) is 1. The van der Waals surface area contributed by atoms with Gasteiger partial charge in [-0.3, -0.25) is 0 Å². The molecule has 0 rings (SSSR count). The Labute approximate surface area is 102 Å². The van der Waals surface area contributed by atoms with E-state index in [0.717, 1.165) is 25.7 Å². The number of nitrogens with one attached hydrogen (secondary N) is 1. The fraction of sp³-hybridized carbons (Fsp3) is 1.00. The Kier molecular flexibility index (Phi) is 12.9. The Bertz CT molecular complexity index is 128. The van der Waals surface area contributed by atoms with Gasteiger partial charge in [-0.25, -0.2) is 0 Å². The molecule has 16 heavy (non-hydrogen) atoms. The molecule has 1 N–H and O–H groups in total. The summed E-state index contributed by atoms with van der Waals surface area (Å²) in [5, 5.41) is 3.35. The number of hydrogen-bond acceptors (Lipinski definition) is 2. The van der Waals surface area contributed by atoms with Crippen LogP contribution >= 0.6 is 0 Å². The normalized spacial score (nSPS) is 12.9. The van der Waals surface area contributed by atoms with Crippen LogP contribution in [0.2, 0.25) is 0 Å². The van der Waals surface area contributed by atoms with E-state index in [-0.39, 0.29) is 0 Å². The summed E-state index contributed by atoms with van der Waals surface area (Å²) in [4.78, 5) is 0. The molecular weight excluding hydrogens is 198 g/mol. The van der Waals surface area contributed by atoms with E-state index >= 15 is 0 Å². The maximum absolute atomic E-state index is 5.66. The standard InChI is InChI=1S/C14H31NO/c1-4-10-14(3)13-16-12-9-7-6-8-11-15-5-2/h14-15H,4-13H2,1-3H3. The lowest BCUT2D eigenvalue weighted by Gasteiger charge is -2.10. The van der Waals surface area contributed by atoms with Crippen molar-refractivity contribution in [3.63, 3.8) is 0 Å². The largest absolute Gasteiger partial charge is 0.381 e. The first-order valence-corrected chi connectivity index (χ1v) is 7.09. The minimum absolute atomic E-state index is 0.735. The van der Waals surface area contributed by atoms with Crippen molar-refractivity contribution in [3.8, 4) is 0 Å². The summed E-state index contributed by atoms with van der Waals surface area (Å²) in [6.07, 6.45) is 7.75. The van der Waals surface area contributed by atoms with E-state index in [1.807, 2.05) is 0 Å². The molecule has 0 amide bonds. The van der Waals surface area contributed by atoms with E-state index in [1.54, 1.807) is 0 Å². The lowest BCUT2D eigenvalue weighted by atomic mass is 10.1. The maximum Gasteiger partial charge on any atom is 0.0491 e. The molecule has 0 aliphatic rings. The summed E-state index contributed by atoms with van der Waals surface area (Å²) in [6.45, 7) is 10.8. The third-order valence-electron chi connectivity index (χ3n) is 2.83. The molecule has 0 fully saturated rings. The summed E-state index contributed by atoms with van der Waals surface area (Å²) in [7, 11) is 0. The van der Waals surface area contributed by atoms with Crippen LogP contribution in [0.4, 0.5) is 0 Å². The van der Waals surface area contributed by atoms with Crippen molar-refractivity contribution in [3.05, 3.63) is 0 Å². The zero-order valence-corrected chi connectivity index (χ0v) is 11.6. The van der Waals surface area contributed by atoms with Gasteiger partial charge in [0.15, 0.2) is 0 Å². The van der Waals surface area contributed by atoms with Crippen LogP contribution in [0.1, 0.15) is 59.3 Å². The molecule has 0 aliphatic heterocycles. The SMILES string of the molecule is CCCC(C)COCCCCCCNCC. The second-order valence-corrected chi connectivity index (χ2v) is 4.74. The molecule has 0 aromatic rings. The van der Waals surface area contributed by atoms with Crippen LogP contribution in [0.15, 0.2) is 0 Å². The Balaban J connectivity index is 2.98. The van der Waals surface area contributed by atoms with Crippen LogP contribution in [-0.2, 0) is 4.74 Å². The highest BCUT2D eigenvalue weighted by atomic mass is 16.5. The Morgan fingerprint density at radius 1 is 1.06 bits per heavy atom. The van der Waals surface area contributed by atoms with Gasteiger partial charge in [-0.05, 0) is 38.3 Å². The van der Waals surface area contributed by atoms with Crippen LogP contribution in [0, 0.1) is 5.92 Å². The van der Waals surface area contributed by atoms with Gasteiger partial charge in [0.25, 0.3) is 0 Å². The predicted octanol–water partition coefficient (Wildman–Crippen LogP) is 3.61. The molecule has 0 aromatic heterocycles. The summed E-state index contributed by atoms with van der Waals surface area (Å²) in [5.41, 5.74) is 0. The molecule has 1 atom stereocenters. The molecule has 0 spiro atoms. The number of rotatable bonds is 12. The molecular formula is C14H31NO. The zero-order chi connectivity index (χ0) is 12.1. The van der Waals surface area contributed by atoms with Crippen molar-refractivity contribution < 1.29 is 4.74 Å². The summed E-state index contributed by atoms with van der Waals surface area (Å²) in [5.74, 6) is 0.735. The van der Waals surface area contributed by atoms with Gasteiger partial charge in [-0.2, -0.15) is 0 Å². The second-order valence-electron chi connectivity index (χ2n) is 4.74. The van der Waals surface area contributed by atoms with Gasteiger partial charge in [0.1, 0.15) is 0 Å². The molecule has 0 radical (unpaired) electrons. The smallest absolute Gasteiger partial charge is 0.0491 e. The fourth-order valence-electron chi connectivity index (χ4n) is 1.85. The van der Waals surface area contributed by atoms with Crippen molar-refractivity contribution in [2.24, 2.45) is 5.92 Å². The molecule has 98 valence electrons. The van der Waals surface area contributed by atoms with Gasteiger partial charge < -0.3 is 10.1 Å². The van der Waals surface area contributed by atoms with Crippen molar-refractivity contribution in [2.45, 2.75) is 59.3 Å². The Hall–Kier alpha value is -0.0800. The minimum Gasteiger partial charge on any atom is -0.381 e. The van der Waals surface area contributed by atoms with E-state index < -0.39 is 0 Å². The van der Waals surface area contributed by atoms with E-state index in [1.165, 1.54) is 45.1 Å². The maximum atomic E-state index is 5.66. The third kappa shape index (κ3) is 12.0. The lowest BCUT2D eigenvalue weighted by molar-refractivity contribution is 0.0983. The van der Waals surface area contributed by atoms with Crippen LogP contribution in [-0.4, -0.2) is 26.3 Å². The minimum atomic E-state index is 0.735. The van der Waals surface area contributed by atoms with Gasteiger partial charge in [-0.1, -0.05) is 40.0 Å². The first-order valence-electron chi connectivity index (χ1n) is 7.09. The Morgan fingerprint density at radius 2 is 1.81 bits per heavy atom. The van der Waals surface area contributed by atoms with Crippen molar-refractivity contribution in [1.29, 1.82) is 0 Å². The number of hydrogen-bond donors (Lipinski definition) is 1. The highest BCUT2D eigenvalue weighted by Crippen LogP contribution is 2.06. The second kappa shape index (κ2) is 13.0. The number of unbranched alkanes of at least 4 members (excludes halogenated alkanes) is 3. The van der Waals surface area contributed by atoms with Gasteiger partial charge in [0, 0.05) is 13.2 Å². The fourth-order valence-corrected chi connectivity index (χ4v) is 1.85. The molecule has 0 bridgehead atoms. The summed E-state index contributed by atoms with van der Waals surface area (Å²) in [6, 6.07) is 0. The summed E-state index contributed by atoms with van der Waals surface area (Å²) >= 11 is 0. The first-order chi connectivity index (χ1) is 7.81. The zero-order valence-electron chi connectivity index (χ0n) is 11.6. The predicted molar refractivity (Wildman–Crippen MR) is 71.9 cm³/mol. The van der Waals surface area contributed by atoms with Gasteiger partial charge in [-0.15, -0.1) is 0 Å². The molecule has 0 heterocycles. The Morgan fingerprint density at radius 3 is 2.50 bits per heavy atom. The molecule has 0 aromatic carbocycles.